The van der Waals surface area contributed by atoms with Crippen LogP contribution < -0.4 is 4.57 Å². The zero-order valence-corrected chi connectivity index (χ0v) is 11.0. The van der Waals surface area contributed by atoms with E-state index >= 15 is 0 Å². The molecule has 0 unspecified atom stereocenters. The molecule has 0 saturated heterocycles. The molecule has 1 nitrogen and oxygen atoms in total. The van der Waals surface area contributed by atoms with Gasteiger partial charge in [-0.15, -0.1) is 0 Å². The molecule has 92 valence electrons. The smallest absolute Gasteiger partial charge is 0.201 e. The van der Waals surface area contributed by atoms with Gasteiger partial charge < -0.3 is 0 Å². The molecule has 0 fully saturated rings. The first-order valence-electron chi connectivity index (χ1n) is 6.45. The zero-order chi connectivity index (χ0) is 13.1. The summed E-state index contributed by atoms with van der Waals surface area (Å²) in [6.45, 7) is 0. The lowest BCUT2D eigenvalue weighted by Crippen LogP contribution is -2.29. The van der Waals surface area contributed by atoms with Gasteiger partial charge in [0, 0.05) is 17.7 Å². The van der Waals surface area contributed by atoms with Crippen LogP contribution in [0.1, 0.15) is 0 Å². The maximum atomic E-state index is 2.18. The van der Waals surface area contributed by atoms with Gasteiger partial charge in [0.25, 0.3) is 0 Å². The van der Waals surface area contributed by atoms with Crippen molar-refractivity contribution in [3.63, 3.8) is 0 Å². The normalized spacial score (nSPS) is 10.4. The average Bonchev–Trinajstić information content (AvgIpc) is 2.49. The molecule has 0 aliphatic carbocycles. The van der Waals surface area contributed by atoms with E-state index in [1.165, 1.54) is 22.4 Å². The summed E-state index contributed by atoms with van der Waals surface area (Å²) in [5.74, 6) is 0. The average molecular weight is 246 g/mol. The minimum atomic E-state index is 1.22. The Kier molecular flexibility index (Phi) is 3.11. The van der Waals surface area contributed by atoms with Crippen molar-refractivity contribution in [3.05, 3.63) is 79.0 Å². The van der Waals surface area contributed by atoms with Crippen LogP contribution in [0.4, 0.5) is 0 Å². The Bertz CT molecular complexity index is 670. The van der Waals surface area contributed by atoms with E-state index in [4.69, 9.17) is 0 Å². The van der Waals surface area contributed by atoms with Crippen LogP contribution >= 0.6 is 0 Å². The molecule has 0 N–H and O–H groups in total. The van der Waals surface area contributed by atoms with Gasteiger partial charge in [0.2, 0.25) is 5.69 Å². The highest BCUT2D eigenvalue weighted by Crippen LogP contribution is 2.22. The highest BCUT2D eigenvalue weighted by molar-refractivity contribution is 5.67. The van der Waals surface area contributed by atoms with Crippen molar-refractivity contribution >= 4 is 0 Å². The van der Waals surface area contributed by atoms with Crippen molar-refractivity contribution in [2.75, 3.05) is 0 Å². The van der Waals surface area contributed by atoms with E-state index in [1.54, 1.807) is 0 Å². The van der Waals surface area contributed by atoms with E-state index in [9.17, 15) is 0 Å². The molecule has 0 aliphatic heterocycles. The molecule has 1 heterocycles. The summed E-state index contributed by atoms with van der Waals surface area (Å²) in [5, 5.41) is 0. The van der Waals surface area contributed by atoms with Crippen LogP contribution in [0.2, 0.25) is 0 Å². The number of nitrogens with zero attached hydrogens (tertiary/aromatic N) is 1. The standard InChI is InChI=1S/C18H16N/c1-19-14-6-5-9-18(19)17-12-10-16(11-13-17)15-7-3-2-4-8-15/h2-14H,1H3/q+1. The van der Waals surface area contributed by atoms with E-state index in [2.05, 4.69) is 78.5 Å². The Balaban J connectivity index is 1.98. The van der Waals surface area contributed by atoms with Crippen LogP contribution in [-0.4, -0.2) is 0 Å². The number of benzene rings is 2. The van der Waals surface area contributed by atoms with Gasteiger partial charge in [-0.1, -0.05) is 42.5 Å². The molecule has 0 bridgehead atoms. The number of rotatable bonds is 2. The van der Waals surface area contributed by atoms with Crippen molar-refractivity contribution in [1.82, 2.24) is 0 Å². The van der Waals surface area contributed by atoms with Gasteiger partial charge in [0.1, 0.15) is 7.05 Å². The summed E-state index contributed by atoms with van der Waals surface area (Å²) < 4.78 is 2.14. The molecule has 19 heavy (non-hydrogen) atoms. The van der Waals surface area contributed by atoms with Crippen LogP contribution in [0.25, 0.3) is 22.4 Å². The summed E-state index contributed by atoms with van der Waals surface area (Å²) in [7, 11) is 2.07. The second kappa shape index (κ2) is 5.07. The molecule has 2 aromatic carbocycles. The Labute approximate surface area is 113 Å². The number of aryl methyl sites for hydroxylation is 1. The quantitative estimate of drug-likeness (QED) is 0.605. The Morgan fingerprint density at radius 3 is 1.84 bits per heavy atom. The van der Waals surface area contributed by atoms with Crippen LogP contribution in [0.3, 0.4) is 0 Å². The lowest BCUT2D eigenvalue weighted by Gasteiger charge is -2.03. The van der Waals surface area contributed by atoms with E-state index in [0.717, 1.165) is 0 Å². The molecule has 3 rings (SSSR count). The maximum absolute atomic E-state index is 2.18. The highest BCUT2D eigenvalue weighted by Gasteiger charge is 2.07. The third-order valence-electron chi connectivity index (χ3n) is 3.34. The third kappa shape index (κ3) is 2.41. The molecule has 1 heteroatoms. The second-order valence-electron chi connectivity index (χ2n) is 4.64. The van der Waals surface area contributed by atoms with Crippen LogP contribution in [0.15, 0.2) is 79.0 Å². The lowest BCUT2D eigenvalue weighted by atomic mass is 10.0. The fraction of sp³-hybridized carbons (Fsp3) is 0.0556. The molecule has 0 spiro atoms. The number of hydrogen-bond acceptors (Lipinski definition) is 0. The van der Waals surface area contributed by atoms with E-state index in [-0.39, 0.29) is 0 Å². The van der Waals surface area contributed by atoms with E-state index in [1.807, 2.05) is 12.1 Å². The summed E-state index contributed by atoms with van der Waals surface area (Å²) in [4.78, 5) is 0. The summed E-state index contributed by atoms with van der Waals surface area (Å²) >= 11 is 0. The molecule has 0 aliphatic rings. The van der Waals surface area contributed by atoms with Crippen molar-refractivity contribution in [3.8, 4) is 22.4 Å². The molecule has 0 amide bonds. The van der Waals surface area contributed by atoms with Crippen LogP contribution in [0, 0.1) is 0 Å². The first-order valence-corrected chi connectivity index (χ1v) is 6.45. The Morgan fingerprint density at radius 1 is 0.579 bits per heavy atom. The SMILES string of the molecule is C[n+]1ccccc1-c1ccc(-c2ccccc2)cc1. The van der Waals surface area contributed by atoms with Gasteiger partial charge >= 0.3 is 0 Å². The topological polar surface area (TPSA) is 3.88 Å². The van der Waals surface area contributed by atoms with Gasteiger partial charge in [-0.3, -0.25) is 0 Å². The minimum Gasteiger partial charge on any atom is -0.201 e. The molecule has 0 atom stereocenters. The summed E-state index contributed by atoms with van der Waals surface area (Å²) in [6.07, 6.45) is 2.07. The van der Waals surface area contributed by atoms with E-state index < -0.39 is 0 Å². The minimum absolute atomic E-state index is 1.22. The first-order chi connectivity index (χ1) is 9.34. The predicted octanol–water partition coefficient (Wildman–Crippen LogP) is 3.85. The zero-order valence-electron chi connectivity index (χ0n) is 11.0. The summed E-state index contributed by atoms with van der Waals surface area (Å²) in [5.41, 5.74) is 4.97. The fourth-order valence-electron chi connectivity index (χ4n) is 2.29. The molecular weight excluding hydrogens is 230 g/mol. The molecule has 0 radical (unpaired) electrons. The second-order valence-corrected chi connectivity index (χ2v) is 4.64. The van der Waals surface area contributed by atoms with Crippen molar-refractivity contribution < 1.29 is 4.57 Å². The van der Waals surface area contributed by atoms with Crippen molar-refractivity contribution in [2.24, 2.45) is 7.05 Å². The molecular formula is C18H16N+. The number of pyridine rings is 1. The largest absolute Gasteiger partial charge is 0.212 e. The van der Waals surface area contributed by atoms with Gasteiger partial charge in [0.05, 0.1) is 0 Å². The van der Waals surface area contributed by atoms with Gasteiger partial charge in [-0.05, 0) is 29.3 Å². The number of aromatic nitrogens is 1. The van der Waals surface area contributed by atoms with Crippen LogP contribution in [-0.2, 0) is 7.05 Å². The van der Waals surface area contributed by atoms with Gasteiger partial charge in [-0.25, -0.2) is 4.57 Å². The van der Waals surface area contributed by atoms with Crippen molar-refractivity contribution in [1.29, 1.82) is 0 Å². The van der Waals surface area contributed by atoms with Crippen molar-refractivity contribution in [2.45, 2.75) is 0 Å². The lowest BCUT2D eigenvalue weighted by molar-refractivity contribution is -0.660. The monoisotopic (exact) mass is 246 g/mol. The fourth-order valence-corrected chi connectivity index (χ4v) is 2.29. The Hall–Kier alpha value is -2.41. The summed E-state index contributed by atoms with van der Waals surface area (Å²) in [6, 6.07) is 25.4. The molecule has 1 aromatic heterocycles. The Morgan fingerprint density at radius 2 is 1.16 bits per heavy atom. The third-order valence-corrected chi connectivity index (χ3v) is 3.34. The van der Waals surface area contributed by atoms with E-state index in [0.29, 0.717) is 0 Å². The predicted molar refractivity (Wildman–Crippen MR) is 78.5 cm³/mol. The van der Waals surface area contributed by atoms with Gasteiger partial charge in [-0.2, -0.15) is 0 Å². The molecule has 3 aromatic rings. The maximum Gasteiger partial charge on any atom is 0.212 e. The van der Waals surface area contributed by atoms with Gasteiger partial charge in [0.15, 0.2) is 6.20 Å². The highest BCUT2D eigenvalue weighted by atomic mass is 14.9. The molecule has 0 saturated carbocycles. The number of hydrogen-bond donors (Lipinski definition) is 0. The van der Waals surface area contributed by atoms with Crippen LogP contribution in [0.5, 0.6) is 0 Å². The first kappa shape index (κ1) is 11.7.